The van der Waals surface area contributed by atoms with Crippen LogP contribution < -0.4 is 10.5 Å². The highest BCUT2D eigenvalue weighted by molar-refractivity contribution is 7.89. The minimum Gasteiger partial charge on any atom is -0.383 e. The van der Waals surface area contributed by atoms with Gasteiger partial charge in [0.25, 0.3) is 5.69 Å². The Labute approximate surface area is 142 Å². The van der Waals surface area contributed by atoms with Crippen LogP contribution in [0.15, 0.2) is 23.1 Å². The van der Waals surface area contributed by atoms with Crippen molar-refractivity contribution >= 4 is 21.4 Å². The molecule has 7 nitrogen and oxygen atoms in total. The zero-order chi connectivity index (χ0) is 18.0. The fourth-order valence-corrected chi connectivity index (χ4v) is 4.09. The Bertz CT molecular complexity index is 710. The van der Waals surface area contributed by atoms with Crippen LogP contribution in [-0.4, -0.2) is 19.9 Å². The lowest BCUT2D eigenvalue weighted by atomic mass is 9.71. The lowest BCUT2D eigenvalue weighted by molar-refractivity contribution is -0.385. The molecule has 134 valence electrons. The van der Waals surface area contributed by atoms with Crippen molar-refractivity contribution in [1.82, 2.24) is 0 Å². The largest absolute Gasteiger partial charge is 0.383 e. The Morgan fingerprint density at radius 2 is 1.92 bits per heavy atom. The zero-order valence-electron chi connectivity index (χ0n) is 14.1. The average Bonchev–Trinajstić information content (AvgIpc) is 2.52. The van der Waals surface area contributed by atoms with Gasteiger partial charge in [0, 0.05) is 18.7 Å². The van der Waals surface area contributed by atoms with Crippen molar-refractivity contribution in [3.63, 3.8) is 0 Å². The first-order valence-corrected chi connectivity index (χ1v) is 9.71. The first kappa shape index (κ1) is 18.7. The SMILES string of the molecule is CC(C)(CNc1ccc([N+](=O)[O-])cc1S(N)(=O)=O)C1CCCCC1. The number of rotatable bonds is 6. The van der Waals surface area contributed by atoms with Gasteiger partial charge in [-0.3, -0.25) is 10.1 Å². The molecule has 1 aromatic carbocycles. The Balaban J connectivity index is 2.21. The van der Waals surface area contributed by atoms with Crippen molar-refractivity contribution in [2.75, 3.05) is 11.9 Å². The summed E-state index contributed by atoms with van der Waals surface area (Å²) < 4.78 is 23.5. The topological polar surface area (TPSA) is 115 Å². The molecule has 1 aliphatic rings. The third-order valence-electron chi connectivity index (χ3n) is 4.93. The molecule has 0 atom stereocenters. The number of hydrogen-bond donors (Lipinski definition) is 2. The molecule has 24 heavy (non-hydrogen) atoms. The van der Waals surface area contributed by atoms with Crippen molar-refractivity contribution in [1.29, 1.82) is 0 Å². The Morgan fingerprint density at radius 3 is 2.46 bits per heavy atom. The second kappa shape index (κ2) is 7.06. The Kier molecular flexibility index (Phi) is 5.49. The van der Waals surface area contributed by atoms with Gasteiger partial charge < -0.3 is 5.32 Å². The van der Waals surface area contributed by atoms with Gasteiger partial charge in [-0.15, -0.1) is 0 Å². The van der Waals surface area contributed by atoms with Crippen molar-refractivity contribution in [2.45, 2.75) is 50.8 Å². The number of hydrogen-bond acceptors (Lipinski definition) is 5. The molecule has 2 rings (SSSR count). The number of nitrogens with zero attached hydrogens (tertiary/aromatic N) is 1. The van der Waals surface area contributed by atoms with Crippen LogP contribution in [0.1, 0.15) is 46.0 Å². The number of sulfonamides is 1. The molecule has 1 fully saturated rings. The van der Waals surface area contributed by atoms with Gasteiger partial charge in [-0.2, -0.15) is 0 Å². The monoisotopic (exact) mass is 355 g/mol. The van der Waals surface area contributed by atoms with Crippen LogP contribution in [0.5, 0.6) is 0 Å². The van der Waals surface area contributed by atoms with Gasteiger partial charge >= 0.3 is 0 Å². The quantitative estimate of drug-likeness (QED) is 0.600. The van der Waals surface area contributed by atoms with E-state index < -0.39 is 14.9 Å². The number of non-ortho nitro benzene ring substituents is 1. The number of nitrogens with one attached hydrogen (secondary N) is 1. The van der Waals surface area contributed by atoms with Gasteiger partial charge in [-0.25, -0.2) is 13.6 Å². The average molecular weight is 355 g/mol. The summed E-state index contributed by atoms with van der Waals surface area (Å²) in [6.07, 6.45) is 6.09. The van der Waals surface area contributed by atoms with Crippen LogP contribution in [-0.2, 0) is 10.0 Å². The smallest absolute Gasteiger partial charge is 0.270 e. The van der Waals surface area contributed by atoms with Crippen molar-refractivity contribution in [3.05, 3.63) is 28.3 Å². The highest BCUT2D eigenvalue weighted by Gasteiger charge is 2.31. The van der Waals surface area contributed by atoms with Crippen LogP contribution >= 0.6 is 0 Å². The van der Waals surface area contributed by atoms with Crippen molar-refractivity contribution < 1.29 is 13.3 Å². The summed E-state index contributed by atoms with van der Waals surface area (Å²) in [5, 5.41) is 19.2. The van der Waals surface area contributed by atoms with Crippen molar-refractivity contribution in [2.24, 2.45) is 16.5 Å². The summed E-state index contributed by atoms with van der Waals surface area (Å²) in [5.74, 6) is 0.578. The van der Waals surface area contributed by atoms with E-state index in [9.17, 15) is 18.5 Å². The van der Waals surface area contributed by atoms with Crippen LogP contribution in [0, 0.1) is 21.4 Å². The number of anilines is 1. The lowest BCUT2D eigenvalue weighted by Crippen LogP contribution is -2.33. The zero-order valence-corrected chi connectivity index (χ0v) is 14.9. The summed E-state index contributed by atoms with van der Waals surface area (Å²) in [6, 6.07) is 3.70. The van der Waals surface area contributed by atoms with Gasteiger partial charge in [0.05, 0.1) is 10.6 Å². The second-order valence-corrected chi connectivity index (χ2v) is 8.69. The van der Waals surface area contributed by atoms with Crippen molar-refractivity contribution in [3.8, 4) is 0 Å². The van der Waals surface area contributed by atoms with E-state index in [1.54, 1.807) is 0 Å². The third kappa shape index (κ3) is 4.45. The molecule has 1 saturated carbocycles. The summed E-state index contributed by atoms with van der Waals surface area (Å²) in [5.41, 5.74) is 0.0146. The number of primary sulfonamides is 1. The molecule has 0 aromatic heterocycles. The Hall–Kier alpha value is -1.67. The highest BCUT2D eigenvalue weighted by Crippen LogP contribution is 2.38. The maximum Gasteiger partial charge on any atom is 0.270 e. The fourth-order valence-electron chi connectivity index (χ4n) is 3.36. The fraction of sp³-hybridized carbons (Fsp3) is 0.625. The van der Waals surface area contributed by atoms with E-state index >= 15 is 0 Å². The highest BCUT2D eigenvalue weighted by atomic mass is 32.2. The number of nitrogens with two attached hydrogens (primary N) is 1. The van der Waals surface area contributed by atoms with Crippen LogP contribution in [0.4, 0.5) is 11.4 Å². The standard InChI is InChI=1S/C16H25N3O4S/c1-16(2,12-6-4-3-5-7-12)11-18-14-9-8-13(19(20)21)10-15(14)24(17,22)23/h8-10,12,18H,3-7,11H2,1-2H3,(H2,17,22,23). The minimum absolute atomic E-state index is 0.00216. The first-order chi connectivity index (χ1) is 11.1. The van der Waals surface area contributed by atoms with Crippen LogP contribution in [0.2, 0.25) is 0 Å². The molecule has 0 heterocycles. The third-order valence-corrected chi connectivity index (χ3v) is 5.88. The Morgan fingerprint density at radius 1 is 1.29 bits per heavy atom. The number of nitro groups is 1. The molecule has 8 heteroatoms. The predicted octanol–water partition coefficient (Wildman–Crippen LogP) is 3.26. The van der Waals surface area contributed by atoms with E-state index in [0.717, 1.165) is 6.07 Å². The number of benzene rings is 1. The van der Waals surface area contributed by atoms with Gasteiger partial charge in [0.1, 0.15) is 4.90 Å². The summed E-state index contributed by atoms with van der Waals surface area (Å²) in [7, 11) is -4.05. The van der Waals surface area contributed by atoms with Gasteiger partial charge in [-0.05, 0) is 30.2 Å². The molecule has 0 saturated heterocycles. The van der Waals surface area contributed by atoms with E-state index in [1.807, 2.05) is 0 Å². The first-order valence-electron chi connectivity index (χ1n) is 8.16. The molecular formula is C16H25N3O4S. The second-order valence-electron chi connectivity index (χ2n) is 7.16. The molecular weight excluding hydrogens is 330 g/mol. The van der Waals surface area contributed by atoms with E-state index in [-0.39, 0.29) is 16.0 Å². The molecule has 0 spiro atoms. The molecule has 0 bridgehead atoms. The number of nitro benzene ring substituents is 1. The van der Waals surface area contributed by atoms with Crippen LogP contribution in [0.25, 0.3) is 0 Å². The van der Waals surface area contributed by atoms with Gasteiger partial charge in [0.15, 0.2) is 0 Å². The molecule has 0 aliphatic heterocycles. The molecule has 0 unspecified atom stereocenters. The van der Waals surface area contributed by atoms with E-state index in [0.29, 0.717) is 18.2 Å². The van der Waals surface area contributed by atoms with E-state index in [2.05, 4.69) is 19.2 Å². The minimum atomic E-state index is -4.05. The summed E-state index contributed by atoms with van der Waals surface area (Å²) >= 11 is 0. The molecule has 1 aromatic rings. The maximum absolute atomic E-state index is 11.8. The van der Waals surface area contributed by atoms with Gasteiger partial charge in [0.2, 0.25) is 10.0 Å². The molecule has 0 radical (unpaired) electrons. The summed E-state index contributed by atoms with van der Waals surface area (Å²) in [6.45, 7) is 4.91. The molecule has 0 amide bonds. The lowest BCUT2D eigenvalue weighted by Gasteiger charge is -2.37. The predicted molar refractivity (Wildman–Crippen MR) is 93.3 cm³/mol. The van der Waals surface area contributed by atoms with Gasteiger partial charge in [-0.1, -0.05) is 33.1 Å². The normalized spacial score (nSPS) is 16.8. The molecule has 3 N–H and O–H groups in total. The van der Waals surface area contributed by atoms with E-state index in [1.165, 1.54) is 44.2 Å². The molecule has 1 aliphatic carbocycles. The van der Waals surface area contributed by atoms with Crippen LogP contribution in [0.3, 0.4) is 0 Å². The maximum atomic E-state index is 11.8. The van der Waals surface area contributed by atoms with E-state index in [4.69, 9.17) is 5.14 Å². The summed E-state index contributed by atoms with van der Waals surface area (Å²) in [4.78, 5) is 9.99.